The number of aromatic nitrogens is 4. The summed E-state index contributed by atoms with van der Waals surface area (Å²) in [6, 6.07) is 14.1. The van der Waals surface area contributed by atoms with Gasteiger partial charge in [0.15, 0.2) is 11.0 Å². The summed E-state index contributed by atoms with van der Waals surface area (Å²) in [5.41, 5.74) is 1.89. The van der Waals surface area contributed by atoms with Gasteiger partial charge in [-0.05, 0) is 31.2 Å². The second-order valence-electron chi connectivity index (χ2n) is 6.70. The van der Waals surface area contributed by atoms with Crippen molar-refractivity contribution in [1.82, 2.24) is 30.0 Å². The quantitative estimate of drug-likeness (QED) is 0.627. The van der Waals surface area contributed by atoms with Crippen LogP contribution < -0.4 is 5.32 Å². The van der Waals surface area contributed by atoms with Gasteiger partial charge in [-0.15, -0.1) is 22.6 Å². The summed E-state index contributed by atoms with van der Waals surface area (Å²) in [6.07, 6.45) is 3.47. The smallest absolute Gasteiger partial charge is 0.233 e. The van der Waals surface area contributed by atoms with Crippen molar-refractivity contribution in [2.45, 2.75) is 18.1 Å². The molecule has 1 N–H and O–H groups in total. The maximum atomic E-state index is 12.7. The van der Waals surface area contributed by atoms with E-state index >= 15 is 0 Å². The Balaban J connectivity index is 0.00000240. The summed E-state index contributed by atoms with van der Waals surface area (Å²) in [7, 11) is 0. The van der Waals surface area contributed by atoms with Crippen LogP contribution in [0.2, 0.25) is 0 Å². The highest BCUT2D eigenvalue weighted by atomic mass is 35.5. The number of carbonyl (C=O) groups is 1. The lowest BCUT2D eigenvalue weighted by Gasteiger charge is -2.31. The largest absolute Gasteiger partial charge is 0.339 e. The summed E-state index contributed by atoms with van der Waals surface area (Å²) >= 11 is 1.42. The Morgan fingerprint density at radius 3 is 2.66 bits per heavy atom. The number of halogens is 1. The maximum absolute atomic E-state index is 12.7. The average Bonchev–Trinajstić information content (AvgIpc) is 3.17. The Kier molecular flexibility index (Phi) is 7.24. The van der Waals surface area contributed by atoms with Gasteiger partial charge in [0.2, 0.25) is 5.91 Å². The van der Waals surface area contributed by atoms with Crippen LogP contribution >= 0.6 is 24.2 Å². The molecule has 0 bridgehead atoms. The number of para-hydroxylation sites is 1. The van der Waals surface area contributed by atoms with Crippen molar-refractivity contribution < 1.29 is 4.79 Å². The van der Waals surface area contributed by atoms with Gasteiger partial charge < -0.3 is 10.2 Å². The van der Waals surface area contributed by atoms with E-state index in [9.17, 15) is 4.79 Å². The number of rotatable bonds is 5. The predicted molar refractivity (Wildman–Crippen MR) is 117 cm³/mol. The molecule has 0 aliphatic carbocycles. The van der Waals surface area contributed by atoms with E-state index in [-0.39, 0.29) is 18.3 Å². The topological polar surface area (TPSA) is 75.9 Å². The molecule has 2 aromatic heterocycles. The first-order chi connectivity index (χ1) is 13.7. The van der Waals surface area contributed by atoms with Gasteiger partial charge in [-0.2, -0.15) is 0 Å². The monoisotopic (exact) mass is 430 g/mol. The number of amides is 1. The molecule has 0 unspecified atom stereocenters. The number of thioether (sulfide) groups is 1. The molecule has 1 fully saturated rings. The molecular formula is C20H23ClN6OS. The molecule has 1 aliphatic rings. The van der Waals surface area contributed by atoms with E-state index in [0.29, 0.717) is 17.0 Å². The van der Waals surface area contributed by atoms with Crippen molar-refractivity contribution in [3.05, 3.63) is 54.9 Å². The highest BCUT2D eigenvalue weighted by Gasteiger charge is 2.22. The first kappa shape index (κ1) is 21.3. The Hall–Kier alpha value is -2.42. The molecule has 29 heavy (non-hydrogen) atoms. The van der Waals surface area contributed by atoms with E-state index in [0.717, 1.165) is 36.7 Å². The number of pyridine rings is 1. The number of benzene rings is 1. The van der Waals surface area contributed by atoms with Gasteiger partial charge in [0, 0.05) is 49.3 Å². The minimum atomic E-state index is 0. The van der Waals surface area contributed by atoms with Crippen molar-refractivity contribution in [3.8, 4) is 17.1 Å². The van der Waals surface area contributed by atoms with Gasteiger partial charge in [-0.3, -0.25) is 14.3 Å². The van der Waals surface area contributed by atoms with Crippen molar-refractivity contribution in [2.24, 2.45) is 0 Å². The highest BCUT2D eigenvalue weighted by molar-refractivity contribution is 7.99. The minimum Gasteiger partial charge on any atom is -0.339 e. The van der Waals surface area contributed by atoms with Gasteiger partial charge in [0.1, 0.15) is 0 Å². The first-order valence-electron chi connectivity index (χ1n) is 9.27. The standard InChI is InChI=1S/C20H22N6OS.ClH/c1-15-13-25(12-11-22-15)18(27)14-28-20-24-23-19(16-7-9-21-10-8-16)26(20)17-5-3-2-4-6-17;/h2-10,15,22H,11-14H2,1H3;1H/t15-;/m1./s1. The third-order valence-corrected chi connectivity index (χ3v) is 5.55. The zero-order valence-corrected chi connectivity index (χ0v) is 17.7. The predicted octanol–water partition coefficient (Wildman–Crippen LogP) is 2.66. The molecule has 3 aromatic rings. The van der Waals surface area contributed by atoms with E-state index in [1.54, 1.807) is 12.4 Å². The Morgan fingerprint density at radius 1 is 1.17 bits per heavy atom. The molecule has 4 rings (SSSR count). The van der Waals surface area contributed by atoms with Crippen molar-refractivity contribution >= 4 is 30.1 Å². The van der Waals surface area contributed by atoms with Crippen LogP contribution in [0.3, 0.4) is 0 Å². The average molecular weight is 431 g/mol. The minimum absolute atomic E-state index is 0. The molecule has 0 radical (unpaired) electrons. The molecule has 7 nitrogen and oxygen atoms in total. The molecule has 1 amide bonds. The Labute approximate surface area is 180 Å². The summed E-state index contributed by atoms with van der Waals surface area (Å²) < 4.78 is 1.99. The van der Waals surface area contributed by atoms with Crippen LogP contribution in [0, 0.1) is 0 Å². The van der Waals surface area contributed by atoms with Crippen LogP contribution in [0.25, 0.3) is 17.1 Å². The van der Waals surface area contributed by atoms with Gasteiger partial charge in [0.25, 0.3) is 0 Å². The summed E-state index contributed by atoms with van der Waals surface area (Å²) in [5, 5.41) is 12.8. The summed E-state index contributed by atoms with van der Waals surface area (Å²) in [6.45, 7) is 4.42. The van der Waals surface area contributed by atoms with Crippen LogP contribution in [0.4, 0.5) is 0 Å². The van der Waals surface area contributed by atoms with E-state index < -0.39 is 0 Å². The number of nitrogens with one attached hydrogen (secondary N) is 1. The van der Waals surface area contributed by atoms with Crippen molar-refractivity contribution in [2.75, 3.05) is 25.4 Å². The third-order valence-electron chi connectivity index (χ3n) is 4.63. The number of hydrogen-bond donors (Lipinski definition) is 1. The van der Waals surface area contributed by atoms with Gasteiger partial charge in [-0.1, -0.05) is 30.0 Å². The Morgan fingerprint density at radius 2 is 1.93 bits per heavy atom. The lowest BCUT2D eigenvalue weighted by molar-refractivity contribution is -0.129. The van der Waals surface area contributed by atoms with Crippen LogP contribution in [0.5, 0.6) is 0 Å². The lowest BCUT2D eigenvalue weighted by Crippen LogP contribution is -2.51. The molecular weight excluding hydrogens is 408 g/mol. The molecule has 1 aliphatic heterocycles. The lowest BCUT2D eigenvalue weighted by atomic mass is 10.2. The molecule has 0 saturated carbocycles. The normalized spacial score (nSPS) is 16.3. The molecule has 3 heterocycles. The van der Waals surface area contributed by atoms with Gasteiger partial charge in [0.05, 0.1) is 5.75 Å². The van der Waals surface area contributed by atoms with E-state index in [4.69, 9.17) is 0 Å². The summed E-state index contributed by atoms with van der Waals surface area (Å²) in [5.74, 6) is 1.21. The second-order valence-corrected chi connectivity index (χ2v) is 7.64. The maximum Gasteiger partial charge on any atom is 0.233 e. The zero-order chi connectivity index (χ0) is 19.3. The first-order valence-corrected chi connectivity index (χ1v) is 10.3. The fraction of sp³-hybridized carbons (Fsp3) is 0.300. The van der Waals surface area contributed by atoms with E-state index in [2.05, 4.69) is 27.4 Å². The number of piperazine rings is 1. The number of nitrogens with zero attached hydrogens (tertiary/aromatic N) is 5. The molecule has 9 heteroatoms. The fourth-order valence-corrected chi connectivity index (χ4v) is 4.09. The number of carbonyl (C=O) groups excluding carboxylic acids is 1. The molecule has 1 aromatic carbocycles. The van der Waals surface area contributed by atoms with Gasteiger partial charge in [-0.25, -0.2) is 0 Å². The third kappa shape index (κ3) is 4.95. The van der Waals surface area contributed by atoms with E-state index in [1.807, 2.05) is 51.9 Å². The fourth-order valence-electron chi connectivity index (χ4n) is 3.24. The molecule has 1 saturated heterocycles. The van der Waals surface area contributed by atoms with Gasteiger partial charge >= 0.3 is 0 Å². The van der Waals surface area contributed by atoms with Crippen LogP contribution in [0.15, 0.2) is 60.0 Å². The molecule has 1 atom stereocenters. The molecule has 152 valence electrons. The second kappa shape index (κ2) is 9.87. The molecule has 0 spiro atoms. The zero-order valence-electron chi connectivity index (χ0n) is 16.1. The highest BCUT2D eigenvalue weighted by Crippen LogP contribution is 2.27. The Bertz CT molecular complexity index is 937. The van der Waals surface area contributed by atoms with Crippen molar-refractivity contribution in [3.63, 3.8) is 0 Å². The van der Waals surface area contributed by atoms with Crippen LogP contribution in [0.1, 0.15) is 6.92 Å². The van der Waals surface area contributed by atoms with Crippen LogP contribution in [-0.4, -0.2) is 62.0 Å². The van der Waals surface area contributed by atoms with E-state index in [1.165, 1.54) is 11.8 Å². The number of hydrogen-bond acceptors (Lipinski definition) is 6. The summed E-state index contributed by atoms with van der Waals surface area (Å²) in [4.78, 5) is 18.7. The van der Waals surface area contributed by atoms with Crippen molar-refractivity contribution in [1.29, 1.82) is 0 Å². The van der Waals surface area contributed by atoms with Crippen LogP contribution in [-0.2, 0) is 4.79 Å². The SMILES string of the molecule is C[C@@H]1CN(C(=O)CSc2nnc(-c3ccncc3)n2-c2ccccc2)CCN1.Cl.